The lowest BCUT2D eigenvalue weighted by Gasteiger charge is -2.11. The van der Waals surface area contributed by atoms with Crippen molar-refractivity contribution in [3.63, 3.8) is 0 Å². The van der Waals surface area contributed by atoms with Gasteiger partial charge in [-0.1, -0.05) is 18.2 Å². The number of ether oxygens (including phenoxy) is 1. The highest BCUT2D eigenvalue weighted by Gasteiger charge is 2.16. The Balaban J connectivity index is 1.66. The predicted molar refractivity (Wildman–Crippen MR) is 85.7 cm³/mol. The molecule has 0 radical (unpaired) electrons. The number of pyridine rings is 1. The molecular weight excluding hydrogens is 290 g/mol. The highest BCUT2D eigenvalue weighted by Crippen LogP contribution is 2.18. The summed E-state index contributed by atoms with van der Waals surface area (Å²) in [6, 6.07) is 14.5. The van der Waals surface area contributed by atoms with Crippen molar-refractivity contribution in [2.24, 2.45) is 0 Å². The van der Waals surface area contributed by atoms with Crippen LogP contribution in [0.25, 0.3) is 11.3 Å². The maximum absolute atomic E-state index is 12.1. The fraction of sp³-hybridized carbons (Fsp3) is 0.278. The van der Waals surface area contributed by atoms with E-state index in [9.17, 15) is 4.79 Å². The van der Waals surface area contributed by atoms with Crippen LogP contribution in [-0.2, 0) is 4.74 Å². The lowest BCUT2D eigenvalue weighted by Crippen LogP contribution is -2.31. The van der Waals surface area contributed by atoms with Crippen molar-refractivity contribution in [2.45, 2.75) is 18.9 Å². The average molecular weight is 307 g/mol. The first kappa shape index (κ1) is 15.2. The molecule has 1 N–H and O–H groups in total. The second kappa shape index (κ2) is 7.03. The van der Waals surface area contributed by atoms with Crippen molar-refractivity contribution in [1.82, 2.24) is 10.3 Å². The zero-order chi connectivity index (χ0) is 16.1. The Labute approximate surface area is 134 Å². The number of benzene rings is 1. The largest absolute Gasteiger partial charge is 0.376 e. The van der Waals surface area contributed by atoms with Crippen LogP contribution in [0.2, 0.25) is 0 Å². The van der Waals surface area contributed by atoms with Gasteiger partial charge in [0.1, 0.15) is 11.8 Å². The first-order valence-corrected chi connectivity index (χ1v) is 7.63. The molecule has 0 aliphatic carbocycles. The van der Waals surface area contributed by atoms with E-state index >= 15 is 0 Å². The molecule has 1 fully saturated rings. The van der Waals surface area contributed by atoms with E-state index in [-0.39, 0.29) is 12.0 Å². The summed E-state index contributed by atoms with van der Waals surface area (Å²) >= 11 is 0. The van der Waals surface area contributed by atoms with E-state index in [1.807, 2.05) is 24.3 Å². The molecule has 1 aromatic carbocycles. The minimum absolute atomic E-state index is 0.106. The lowest BCUT2D eigenvalue weighted by molar-refractivity contribution is 0.0858. The molecule has 0 saturated carbocycles. The van der Waals surface area contributed by atoms with E-state index in [0.717, 1.165) is 30.7 Å². The molecular formula is C18H17N3O2. The number of hydrogen-bond donors (Lipinski definition) is 1. The van der Waals surface area contributed by atoms with E-state index in [0.29, 0.717) is 17.8 Å². The van der Waals surface area contributed by atoms with Crippen LogP contribution in [0.3, 0.4) is 0 Å². The number of rotatable bonds is 4. The smallest absolute Gasteiger partial charge is 0.251 e. The standard InChI is InChI=1S/C18H17N3O2/c19-11-15-3-1-5-17(21-15)13-6-8-14(9-7-13)18(22)20-12-16-4-2-10-23-16/h1,3,5-9,16H,2,4,10,12H2,(H,20,22). The maximum atomic E-state index is 12.1. The maximum Gasteiger partial charge on any atom is 0.251 e. The third-order valence-electron chi connectivity index (χ3n) is 3.82. The summed E-state index contributed by atoms with van der Waals surface area (Å²) in [7, 11) is 0. The second-order valence-electron chi connectivity index (χ2n) is 5.44. The van der Waals surface area contributed by atoms with Gasteiger partial charge in [-0.15, -0.1) is 0 Å². The van der Waals surface area contributed by atoms with Crippen LogP contribution in [0.4, 0.5) is 0 Å². The van der Waals surface area contributed by atoms with E-state index in [2.05, 4.69) is 10.3 Å². The number of amides is 1. The van der Waals surface area contributed by atoms with Crippen molar-refractivity contribution in [3.8, 4) is 17.3 Å². The number of carbonyl (C=O) groups is 1. The van der Waals surface area contributed by atoms with Gasteiger partial charge in [-0.3, -0.25) is 4.79 Å². The highest BCUT2D eigenvalue weighted by atomic mass is 16.5. The molecule has 5 heteroatoms. The Morgan fingerprint density at radius 2 is 2.13 bits per heavy atom. The molecule has 1 atom stereocenters. The second-order valence-corrected chi connectivity index (χ2v) is 5.44. The summed E-state index contributed by atoms with van der Waals surface area (Å²) < 4.78 is 5.49. The Kier molecular flexibility index (Phi) is 4.65. The lowest BCUT2D eigenvalue weighted by atomic mass is 10.1. The van der Waals surface area contributed by atoms with Gasteiger partial charge in [0.15, 0.2) is 0 Å². The molecule has 1 amide bonds. The number of nitrogens with zero attached hydrogens (tertiary/aromatic N) is 2. The summed E-state index contributed by atoms with van der Waals surface area (Å²) in [6.45, 7) is 1.33. The monoisotopic (exact) mass is 307 g/mol. The highest BCUT2D eigenvalue weighted by molar-refractivity contribution is 5.94. The summed E-state index contributed by atoms with van der Waals surface area (Å²) in [5.41, 5.74) is 2.57. The molecule has 5 nitrogen and oxygen atoms in total. The van der Waals surface area contributed by atoms with Gasteiger partial charge in [0.2, 0.25) is 0 Å². The van der Waals surface area contributed by atoms with Gasteiger partial charge >= 0.3 is 0 Å². The van der Waals surface area contributed by atoms with Crippen molar-refractivity contribution in [2.75, 3.05) is 13.2 Å². The van der Waals surface area contributed by atoms with Crippen LogP contribution < -0.4 is 5.32 Å². The number of carbonyl (C=O) groups excluding carboxylic acids is 1. The van der Waals surface area contributed by atoms with Crippen LogP contribution in [0.1, 0.15) is 28.9 Å². The summed E-state index contributed by atoms with van der Waals surface area (Å²) in [5, 5.41) is 11.8. The molecule has 0 bridgehead atoms. The Bertz CT molecular complexity index is 729. The molecule has 1 saturated heterocycles. The molecule has 23 heavy (non-hydrogen) atoms. The van der Waals surface area contributed by atoms with E-state index in [1.54, 1.807) is 24.3 Å². The topological polar surface area (TPSA) is 75.0 Å². The molecule has 1 aliphatic rings. The fourth-order valence-electron chi connectivity index (χ4n) is 2.56. The van der Waals surface area contributed by atoms with E-state index in [1.165, 1.54) is 0 Å². The molecule has 1 unspecified atom stereocenters. The van der Waals surface area contributed by atoms with Crippen molar-refractivity contribution < 1.29 is 9.53 Å². The number of aromatic nitrogens is 1. The van der Waals surface area contributed by atoms with Crippen LogP contribution in [0.5, 0.6) is 0 Å². The molecule has 0 spiro atoms. The number of hydrogen-bond acceptors (Lipinski definition) is 4. The van der Waals surface area contributed by atoms with Gasteiger partial charge < -0.3 is 10.1 Å². The third-order valence-corrected chi connectivity index (χ3v) is 3.82. The molecule has 1 aliphatic heterocycles. The molecule has 116 valence electrons. The summed E-state index contributed by atoms with van der Waals surface area (Å²) in [6.07, 6.45) is 2.19. The Morgan fingerprint density at radius 3 is 2.83 bits per heavy atom. The van der Waals surface area contributed by atoms with Crippen LogP contribution in [-0.4, -0.2) is 30.1 Å². The van der Waals surface area contributed by atoms with E-state index < -0.39 is 0 Å². The number of nitriles is 1. The number of nitrogens with one attached hydrogen (secondary N) is 1. The minimum Gasteiger partial charge on any atom is -0.376 e. The van der Waals surface area contributed by atoms with Gasteiger partial charge in [0.25, 0.3) is 5.91 Å². The Morgan fingerprint density at radius 1 is 1.30 bits per heavy atom. The van der Waals surface area contributed by atoms with Gasteiger partial charge in [0, 0.05) is 24.3 Å². The van der Waals surface area contributed by atoms with Crippen molar-refractivity contribution >= 4 is 5.91 Å². The predicted octanol–water partition coefficient (Wildman–Crippen LogP) is 2.53. The van der Waals surface area contributed by atoms with Crippen LogP contribution in [0, 0.1) is 11.3 Å². The van der Waals surface area contributed by atoms with Crippen molar-refractivity contribution in [1.29, 1.82) is 5.26 Å². The van der Waals surface area contributed by atoms with Gasteiger partial charge in [0.05, 0.1) is 11.8 Å². The summed E-state index contributed by atoms with van der Waals surface area (Å²) in [5.74, 6) is -0.106. The quantitative estimate of drug-likeness (QED) is 0.942. The van der Waals surface area contributed by atoms with Crippen LogP contribution >= 0.6 is 0 Å². The SMILES string of the molecule is N#Cc1cccc(-c2ccc(C(=O)NCC3CCCO3)cc2)n1. The third kappa shape index (κ3) is 3.74. The zero-order valence-electron chi connectivity index (χ0n) is 12.7. The average Bonchev–Trinajstić information content (AvgIpc) is 3.13. The van der Waals surface area contributed by atoms with Gasteiger partial charge in [-0.05, 0) is 37.1 Å². The zero-order valence-corrected chi connectivity index (χ0v) is 12.7. The minimum atomic E-state index is -0.106. The molecule has 1 aromatic heterocycles. The normalized spacial score (nSPS) is 16.7. The Hall–Kier alpha value is -2.71. The van der Waals surface area contributed by atoms with Gasteiger partial charge in [-0.2, -0.15) is 5.26 Å². The van der Waals surface area contributed by atoms with Crippen molar-refractivity contribution in [3.05, 3.63) is 53.7 Å². The first-order chi connectivity index (χ1) is 11.3. The van der Waals surface area contributed by atoms with E-state index in [4.69, 9.17) is 10.00 Å². The summed E-state index contributed by atoms with van der Waals surface area (Å²) in [4.78, 5) is 16.4. The molecule has 2 aromatic rings. The van der Waals surface area contributed by atoms with Crippen LogP contribution in [0.15, 0.2) is 42.5 Å². The molecule has 2 heterocycles. The molecule has 3 rings (SSSR count). The van der Waals surface area contributed by atoms with Gasteiger partial charge in [-0.25, -0.2) is 4.98 Å². The fourth-order valence-corrected chi connectivity index (χ4v) is 2.56. The first-order valence-electron chi connectivity index (χ1n) is 7.63.